The summed E-state index contributed by atoms with van der Waals surface area (Å²) in [4.78, 5) is 12.2. The molecule has 0 heterocycles. The fourth-order valence-electron chi connectivity index (χ4n) is 2.43. The Bertz CT molecular complexity index is 716. The number of ether oxygens (including phenoxy) is 3. The number of carbonyl (C=O) groups excluding carboxylic acids is 1. The van der Waals surface area contributed by atoms with E-state index in [1.165, 1.54) is 13.2 Å². The van der Waals surface area contributed by atoms with Crippen molar-refractivity contribution in [3.63, 3.8) is 0 Å². The van der Waals surface area contributed by atoms with E-state index in [1.54, 1.807) is 43.5 Å². The van der Waals surface area contributed by atoms with Crippen LogP contribution in [-0.4, -0.2) is 37.1 Å². The number of phenolic OH excluding ortho intramolecular Hbond substituents is 1. The van der Waals surface area contributed by atoms with Gasteiger partial charge >= 0.3 is 6.09 Å². The first kappa shape index (κ1) is 19.4. The minimum atomic E-state index is -0.631. The van der Waals surface area contributed by atoms with E-state index >= 15 is 0 Å². The molecule has 0 aliphatic heterocycles. The lowest BCUT2D eigenvalue weighted by atomic mass is 10.0. The van der Waals surface area contributed by atoms with Gasteiger partial charge in [-0.25, -0.2) is 4.79 Å². The van der Waals surface area contributed by atoms with Crippen LogP contribution in [0.1, 0.15) is 24.5 Å². The van der Waals surface area contributed by atoms with Gasteiger partial charge in [-0.05, 0) is 54.8 Å². The zero-order valence-electron chi connectivity index (χ0n) is 14.8. The van der Waals surface area contributed by atoms with Crippen molar-refractivity contribution in [1.82, 2.24) is 0 Å². The molecule has 2 aromatic carbocycles. The maximum Gasteiger partial charge on any atom is 0.412 e. The van der Waals surface area contributed by atoms with Crippen LogP contribution in [0.5, 0.6) is 17.2 Å². The van der Waals surface area contributed by atoms with E-state index in [-0.39, 0.29) is 12.4 Å². The van der Waals surface area contributed by atoms with Crippen LogP contribution >= 0.6 is 0 Å². The number of aliphatic hydroxyl groups excluding tert-OH is 1. The second-order valence-corrected chi connectivity index (χ2v) is 5.54. The lowest BCUT2D eigenvalue weighted by molar-refractivity contribution is 0.0993. The lowest BCUT2D eigenvalue weighted by Gasteiger charge is -2.19. The average Bonchev–Trinajstić information content (AvgIpc) is 2.65. The third kappa shape index (κ3) is 5.29. The molecule has 7 heteroatoms. The molecular weight excluding hydrogens is 338 g/mol. The molecule has 0 aliphatic carbocycles. The topological polar surface area (TPSA) is 97.3 Å². The lowest BCUT2D eigenvalue weighted by Crippen LogP contribution is -2.18. The number of phenols is 1. The van der Waals surface area contributed by atoms with Crippen molar-refractivity contribution in [3.8, 4) is 17.2 Å². The molecule has 0 bridgehead atoms. The number of nitrogens with one attached hydrogen (secondary N) is 1. The Hall–Kier alpha value is -2.93. The van der Waals surface area contributed by atoms with E-state index < -0.39 is 12.2 Å². The fourth-order valence-corrected chi connectivity index (χ4v) is 2.43. The summed E-state index contributed by atoms with van der Waals surface area (Å²) in [6.07, 6.45) is -0.378. The Labute approximate surface area is 152 Å². The minimum absolute atomic E-state index is 0.0257. The van der Waals surface area contributed by atoms with E-state index in [1.807, 2.05) is 0 Å². The number of anilines is 1. The zero-order valence-corrected chi connectivity index (χ0v) is 14.8. The summed E-state index contributed by atoms with van der Waals surface area (Å²) < 4.78 is 15.6. The Morgan fingerprint density at radius 2 is 1.85 bits per heavy atom. The van der Waals surface area contributed by atoms with Crippen LogP contribution in [0.4, 0.5) is 10.5 Å². The van der Waals surface area contributed by atoms with E-state index in [0.29, 0.717) is 35.6 Å². The monoisotopic (exact) mass is 361 g/mol. The Morgan fingerprint density at radius 1 is 1.12 bits per heavy atom. The van der Waals surface area contributed by atoms with Crippen LogP contribution in [0, 0.1) is 0 Å². The van der Waals surface area contributed by atoms with Gasteiger partial charge in [0.1, 0.15) is 11.9 Å². The third-order valence-electron chi connectivity index (χ3n) is 3.78. The molecule has 140 valence electrons. The molecule has 0 saturated heterocycles. The quantitative estimate of drug-likeness (QED) is 0.666. The molecule has 2 aromatic rings. The number of benzene rings is 2. The number of aromatic hydroxyl groups is 1. The molecule has 0 radical (unpaired) electrons. The Kier molecular flexibility index (Phi) is 7.11. The van der Waals surface area contributed by atoms with Gasteiger partial charge < -0.3 is 24.4 Å². The highest BCUT2D eigenvalue weighted by atomic mass is 16.6. The summed E-state index contributed by atoms with van der Waals surface area (Å²) >= 11 is 0. The van der Waals surface area contributed by atoms with Crippen LogP contribution in [0.3, 0.4) is 0 Å². The van der Waals surface area contributed by atoms with Crippen molar-refractivity contribution in [2.45, 2.75) is 18.9 Å². The van der Waals surface area contributed by atoms with E-state index in [4.69, 9.17) is 19.3 Å². The molecule has 0 fully saturated rings. The van der Waals surface area contributed by atoms with Crippen LogP contribution in [0.25, 0.3) is 0 Å². The van der Waals surface area contributed by atoms with Crippen molar-refractivity contribution in [2.75, 3.05) is 26.1 Å². The number of aliphatic hydroxyl groups is 1. The number of amides is 1. The van der Waals surface area contributed by atoms with Crippen LogP contribution in [-0.2, 0) is 4.74 Å². The first-order chi connectivity index (χ1) is 12.6. The fraction of sp³-hybridized carbons (Fsp3) is 0.316. The van der Waals surface area contributed by atoms with Gasteiger partial charge in [-0.15, -0.1) is 0 Å². The molecule has 0 unspecified atom stereocenters. The second-order valence-electron chi connectivity index (χ2n) is 5.54. The van der Waals surface area contributed by atoms with Gasteiger partial charge in [-0.1, -0.05) is 6.07 Å². The van der Waals surface area contributed by atoms with Gasteiger partial charge in [-0.2, -0.15) is 0 Å². The van der Waals surface area contributed by atoms with Gasteiger partial charge in [0.15, 0.2) is 11.5 Å². The summed E-state index contributed by atoms with van der Waals surface area (Å²) in [6, 6.07) is 11.6. The molecule has 0 spiro atoms. The molecule has 1 amide bonds. The summed E-state index contributed by atoms with van der Waals surface area (Å²) in [5.41, 5.74) is 1.18. The first-order valence-corrected chi connectivity index (χ1v) is 8.16. The van der Waals surface area contributed by atoms with Crippen molar-refractivity contribution < 1.29 is 29.2 Å². The molecule has 0 aliphatic rings. The van der Waals surface area contributed by atoms with Gasteiger partial charge in [-0.3, -0.25) is 5.32 Å². The number of rotatable bonds is 8. The normalized spacial score (nSPS) is 11.5. The minimum Gasteiger partial charge on any atom is -0.504 e. The zero-order chi connectivity index (χ0) is 18.9. The standard InChI is InChI=1S/C19H23NO6/c1-24-15-8-6-14(7-9-15)20-19(23)26-17(4-3-11-21)13-5-10-18(25-2)16(22)12-13/h5-10,12,17,21-22H,3-4,11H2,1-2H3,(H,20,23)/t17-/m1/s1. The molecule has 1 atom stereocenters. The van der Waals surface area contributed by atoms with Gasteiger partial charge in [0, 0.05) is 12.3 Å². The highest BCUT2D eigenvalue weighted by molar-refractivity contribution is 5.84. The molecule has 26 heavy (non-hydrogen) atoms. The van der Waals surface area contributed by atoms with Crippen molar-refractivity contribution >= 4 is 11.8 Å². The predicted octanol–water partition coefficient (Wildman–Crippen LogP) is 3.47. The Balaban J connectivity index is 2.08. The van der Waals surface area contributed by atoms with Gasteiger partial charge in [0.25, 0.3) is 0 Å². The predicted molar refractivity (Wildman–Crippen MR) is 96.8 cm³/mol. The number of methoxy groups -OCH3 is 2. The summed E-state index contributed by atoms with van der Waals surface area (Å²) in [7, 11) is 3.02. The molecule has 7 nitrogen and oxygen atoms in total. The Morgan fingerprint density at radius 3 is 2.42 bits per heavy atom. The molecular formula is C19H23NO6. The van der Waals surface area contributed by atoms with E-state index in [9.17, 15) is 9.90 Å². The summed E-state index contributed by atoms with van der Waals surface area (Å²) in [6.45, 7) is -0.0257. The highest BCUT2D eigenvalue weighted by Gasteiger charge is 2.18. The van der Waals surface area contributed by atoms with Crippen molar-refractivity contribution in [2.24, 2.45) is 0 Å². The summed E-state index contributed by atoms with van der Waals surface area (Å²) in [5, 5.41) is 21.7. The molecule has 2 rings (SSSR count). The maximum absolute atomic E-state index is 12.2. The van der Waals surface area contributed by atoms with Crippen LogP contribution in [0.15, 0.2) is 42.5 Å². The first-order valence-electron chi connectivity index (χ1n) is 8.16. The van der Waals surface area contributed by atoms with Gasteiger partial charge in [0.05, 0.1) is 14.2 Å². The molecule has 0 saturated carbocycles. The number of hydrogen-bond donors (Lipinski definition) is 3. The van der Waals surface area contributed by atoms with Crippen LogP contribution in [0.2, 0.25) is 0 Å². The van der Waals surface area contributed by atoms with Crippen LogP contribution < -0.4 is 14.8 Å². The average molecular weight is 361 g/mol. The second kappa shape index (κ2) is 9.53. The van der Waals surface area contributed by atoms with E-state index in [0.717, 1.165) is 0 Å². The molecule has 0 aromatic heterocycles. The summed E-state index contributed by atoms with van der Waals surface area (Å²) in [5.74, 6) is 0.967. The van der Waals surface area contributed by atoms with Gasteiger partial charge in [0.2, 0.25) is 0 Å². The molecule has 3 N–H and O–H groups in total. The number of hydrogen-bond acceptors (Lipinski definition) is 6. The number of carbonyl (C=O) groups is 1. The largest absolute Gasteiger partial charge is 0.504 e. The third-order valence-corrected chi connectivity index (χ3v) is 3.78. The van der Waals surface area contributed by atoms with E-state index in [2.05, 4.69) is 5.32 Å². The maximum atomic E-state index is 12.2. The highest BCUT2D eigenvalue weighted by Crippen LogP contribution is 2.32. The SMILES string of the molecule is COc1ccc(NC(=O)O[C@H](CCCO)c2ccc(OC)c(O)c2)cc1. The smallest absolute Gasteiger partial charge is 0.412 e. The van der Waals surface area contributed by atoms with Crippen molar-refractivity contribution in [3.05, 3.63) is 48.0 Å². The van der Waals surface area contributed by atoms with Crippen molar-refractivity contribution in [1.29, 1.82) is 0 Å².